The van der Waals surface area contributed by atoms with Gasteiger partial charge in [-0.15, -0.1) is 0 Å². The number of likely N-dealkylation sites (N-methyl/N-ethyl adjacent to an activating group) is 1. The summed E-state index contributed by atoms with van der Waals surface area (Å²) in [5.74, 6) is -1.79. The van der Waals surface area contributed by atoms with Crippen molar-refractivity contribution in [2.45, 2.75) is 167 Å². The average molecular weight is 796 g/mol. The number of unbranched alkanes of at least 4 members (excludes halogenated alkanes) is 15. The molecule has 324 valence electrons. The van der Waals surface area contributed by atoms with Crippen molar-refractivity contribution >= 4 is 17.9 Å². The van der Waals surface area contributed by atoms with E-state index in [-0.39, 0.29) is 42.7 Å². The molecule has 0 rings (SSSR count). The van der Waals surface area contributed by atoms with E-state index in [9.17, 15) is 19.5 Å². The molecule has 0 saturated heterocycles. The van der Waals surface area contributed by atoms with Crippen LogP contribution in [0.15, 0.2) is 85.1 Å². The van der Waals surface area contributed by atoms with Crippen molar-refractivity contribution in [2.24, 2.45) is 0 Å². The van der Waals surface area contributed by atoms with Gasteiger partial charge in [0, 0.05) is 19.3 Å². The molecule has 0 radical (unpaired) electrons. The van der Waals surface area contributed by atoms with Crippen LogP contribution in [-0.2, 0) is 28.6 Å². The monoisotopic (exact) mass is 796 g/mol. The molecule has 57 heavy (non-hydrogen) atoms. The lowest BCUT2D eigenvalue weighted by atomic mass is 10.1. The largest absolute Gasteiger partial charge is 0.544 e. The Balaban J connectivity index is 4.44. The molecule has 0 aliphatic heterocycles. The van der Waals surface area contributed by atoms with Crippen molar-refractivity contribution in [1.29, 1.82) is 0 Å². The molecule has 0 aromatic rings. The van der Waals surface area contributed by atoms with Gasteiger partial charge in [0.05, 0.1) is 40.3 Å². The first-order valence-electron chi connectivity index (χ1n) is 22.2. The van der Waals surface area contributed by atoms with Crippen LogP contribution < -0.4 is 5.11 Å². The lowest BCUT2D eigenvalue weighted by molar-refractivity contribution is -0.889. The van der Waals surface area contributed by atoms with Crippen LogP contribution in [-0.4, -0.2) is 75.5 Å². The molecule has 0 aromatic heterocycles. The molecule has 2 atom stereocenters. The number of aliphatic carboxylic acids is 1. The van der Waals surface area contributed by atoms with Gasteiger partial charge in [-0.3, -0.25) is 9.59 Å². The molecule has 0 spiro atoms. The van der Waals surface area contributed by atoms with E-state index in [0.717, 1.165) is 83.5 Å². The van der Waals surface area contributed by atoms with Crippen molar-refractivity contribution in [3.63, 3.8) is 0 Å². The number of rotatable bonds is 38. The molecule has 0 amide bonds. The lowest BCUT2D eigenvalue weighted by Crippen LogP contribution is -2.55. The molecule has 0 aliphatic rings. The Hall–Kier alpha value is -3.49. The Morgan fingerprint density at radius 2 is 0.965 bits per heavy atom. The number of carbonyl (C=O) groups excluding carboxylic acids is 3. The molecular formula is C49H81NO7. The molecule has 2 unspecified atom stereocenters. The minimum atomic E-state index is -1.14. The summed E-state index contributed by atoms with van der Waals surface area (Å²) in [7, 11) is 5.38. The molecule has 0 N–H and O–H groups in total. The van der Waals surface area contributed by atoms with Crippen LogP contribution >= 0.6 is 0 Å². The van der Waals surface area contributed by atoms with Gasteiger partial charge in [-0.1, -0.05) is 163 Å². The van der Waals surface area contributed by atoms with Crippen LogP contribution in [0.3, 0.4) is 0 Å². The minimum absolute atomic E-state index is 0.0221. The SMILES string of the molecule is CCC/C=C/C=C/C=C/C=C/C=C/CCCCCCCC(=O)OCC(COCCC(C(=O)[O-])[N+](C)(C)C)OC(=O)CCCCCCCC/C=C/C=C/CCCCC. The number of hydrogen-bond donors (Lipinski definition) is 0. The van der Waals surface area contributed by atoms with Gasteiger partial charge in [-0.2, -0.15) is 0 Å². The molecule has 0 heterocycles. The van der Waals surface area contributed by atoms with E-state index < -0.39 is 18.1 Å². The number of hydrogen-bond acceptors (Lipinski definition) is 7. The Morgan fingerprint density at radius 1 is 0.526 bits per heavy atom. The quantitative estimate of drug-likeness (QED) is 0.0265. The highest BCUT2D eigenvalue weighted by atomic mass is 16.6. The van der Waals surface area contributed by atoms with Crippen LogP contribution in [0.1, 0.15) is 155 Å². The van der Waals surface area contributed by atoms with Gasteiger partial charge in [0.15, 0.2) is 6.10 Å². The first kappa shape index (κ1) is 53.5. The number of quaternary nitrogens is 1. The summed E-state index contributed by atoms with van der Waals surface area (Å²) in [4.78, 5) is 36.9. The predicted octanol–water partition coefficient (Wildman–Crippen LogP) is 10.8. The van der Waals surface area contributed by atoms with Gasteiger partial charge < -0.3 is 28.6 Å². The van der Waals surface area contributed by atoms with E-state index in [4.69, 9.17) is 14.2 Å². The molecule has 0 aliphatic carbocycles. The van der Waals surface area contributed by atoms with Crippen molar-refractivity contribution < 1.29 is 38.2 Å². The molecule has 0 saturated carbocycles. The zero-order valence-corrected chi connectivity index (χ0v) is 36.7. The van der Waals surface area contributed by atoms with E-state index >= 15 is 0 Å². The van der Waals surface area contributed by atoms with E-state index in [0.29, 0.717) is 12.8 Å². The van der Waals surface area contributed by atoms with Crippen LogP contribution in [0.5, 0.6) is 0 Å². The van der Waals surface area contributed by atoms with Crippen molar-refractivity contribution in [2.75, 3.05) is 41.0 Å². The van der Waals surface area contributed by atoms with Crippen LogP contribution in [0.25, 0.3) is 0 Å². The van der Waals surface area contributed by atoms with Gasteiger partial charge in [-0.05, 0) is 57.8 Å². The Bertz CT molecular complexity index is 1200. The second-order valence-corrected chi connectivity index (χ2v) is 15.7. The Kier molecular flexibility index (Phi) is 36.9. The summed E-state index contributed by atoms with van der Waals surface area (Å²) in [6.45, 7) is 4.48. The first-order chi connectivity index (χ1) is 27.6. The smallest absolute Gasteiger partial charge is 0.306 e. The zero-order valence-electron chi connectivity index (χ0n) is 36.7. The first-order valence-corrected chi connectivity index (χ1v) is 22.2. The molecule has 8 nitrogen and oxygen atoms in total. The maximum absolute atomic E-state index is 12.7. The fourth-order valence-corrected chi connectivity index (χ4v) is 5.91. The zero-order chi connectivity index (χ0) is 42.1. The number of carbonyl (C=O) groups is 3. The summed E-state index contributed by atoms with van der Waals surface area (Å²) in [5, 5.41) is 11.6. The van der Waals surface area contributed by atoms with Gasteiger partial charge in [0.1, 0.15) is 12.6 Å². The molecule has 0 bridgehead atoms. The van der Waals surface area contributed by atoms with Gasteiger partial charge >= 0.3 is 11.9 Å². The number of ether oxygens (including phenoxy) is 3. The van der Waals surface area contributed by atoms with Gasteiger partial charge in [0.2, 0.25) is 0 Å². The highest BCUT2D eigenvalue weighted by Gasteiger charge is 2.25. The fraction of sp³-hybridized carbons (Fsp3) is 0.653. The second kappa shape index (κ2) is 39.3. The van der Waals surface area contributed by atoms with E-state index in [1.807, 2.05) is 36.5 Å². The summed E-state index contributed by atoms with van der Waals surface area (Å²) >= 11 is 0. The molecule has 0 fully saturated rings. The van der Waals surface area contributed by atoms with Crippen molar-refractivity contribution in [3.05, 3.63) is 85.1 Å². The van der Waals surface area contributed by atoms with Crippen LogP contribution in [0.4, 0.5) is 0 Å². The van der Waals surface area contributed by atoms with Crippen LogP contribution in [0, 0.1) is 0 Å². The maximum Gasteiger partial charge on any atom is 0.306 e. The molecule has 8 heteroatoms. The average Bonchev–Trinajstić information content (AvgIpc) is 3.17. The third-order valence-electron chi connectivity index (χ3n) is 9.39. The fourth-order valence-electron chi connectivity index (χ4n) is 5.91. The number of nitrogens with zero attached hydrogens (tertiary/aromatic N) is 1. The maximum atomic E-state index is 12.7. The highest BCUT2D eigenvalue weighted by molar-refractivity contribution is 5.70. The summed E-state index contributed by atoms with van der Waals surface area (Å²) in [6.07, 6.45) is 50.2. The Morgan fingerprint density at radius 3 is 1.46 bits per heavy atom. The minimum Gasteiger partial charge on any atom is -0.544 e. The lowest BCUT2D eigenvalue weighted by Gasteiger charge is -2.34. The number of allylic oxidation sites excluding steroid dienone is 14. The predicted molar refractivity (Wildman–Crippen MR) is 235 cm³/mol. The van der Waals surface area contributed by atoms with E-state index in [2.05, 4.69) is 62.5 Å². The number of esters is 2. The van der Waals surface area contributed by atoms with Crippen LogP contribution in [0.2, 0.25) is 0 Å². The Labute approximate surface area is 348 Å². The highest BCUT2D eigenvalue weighted by Crippen LogP contribution is 2.13. The number of carboxylic acids is 1. The summed E-state index contributed by atoms with van der Waals surface area (Å²) < 4.78 is 17.1. The topological polar surface area (TPSA) is 102 Å². The third-order valence-corrected chi connectivity index (χ3v) is 9.39. The molecular weight excluding hydrogens is 715 g/mol. The normalized spacial score (nSPS) is 13.8. The van der Waals surface area contributed by atoms with Gasteiger partial charge in [0.25, 0.3) is 0 Å². The van der Waals surface area contributed by atoms with Crippen molar-refractivity contribution in [1.82, 2.24) is 0 Å². The van der Waals surface area contributed by atoms with E-state index in [1.54, 1.807) is 21.1 Å². The summed E-state index contributed by atoms with van der Waals surface area (Å²) in [6, 6.07) is -0.736. The van der Waals surface area contributed by atoms with E-state index in [1.165, 1.54) is 38.5 Å². The second-order valence-electron chi connectivity index (χ2n) is 15.7. The third kappa shape index (κ3) is 37.8. The molecule has 0 aromatic carbocycles. The number of carboxylic acid groups (broad SMARTS) is 1. The summed E-state index contributed by atoms with van der Waals surface area (Å²) in [5.41, 5.74) is 0. The standard InChI is InChI=1S/C49H81NO7/c1-6-8-10-12-14-16-18-20-22-23-24-26-27-29-31-33-35-37-39-47(51)56-44-45(43-55-42-41-46(49(53)54)50(3,4)5)57-48(52)40-38-36-34-32-30-28-25-21-19-17-15-13-11-9-7-2/h10,12,14-24,26,45-46H,6-9,11,13,25,27-44H2,1-5H3/b12-10+,16-14+,17-15+,20-18+,21-19+,23-22+,26-24+. The van der Waals surface area contributed by atoms with Gasteiger partial charge in [-0.25, -0.2) is 0 Å². The van der Waals surface area contributed by atoms with Crippen molar-refractivity contribution in [3.8, 4) is 0 Å².